The van der Waals surface area contributed by atoms with Gasteiger partial charge in [0.15, 0.2) is 6.61 Å². The van der Waals surface area contributed by atoms with Crippen LogP contribution in [0, 0.1) is 0 Å². The van der Waals surface area contributed by atoms with Gasteiger partial charge in [-0.3, -0.25) is 4.90 Å². The van der Waals surface area contributed by atoms with Crippen LogP contribution in [0.15, 0.2) is 113 Å². The summed E-state index contributed by atoms with van der Waals surface area (Å²) >= 11 is 6.14. The van der Waals surface area contributed by atoms with Crippen molar-refractivity contribution in [2.24, 2.45) is 0 Å². The number of benzene rings is 4. The lowest BCUT2D eigenvalue weighted by Gasteiger charge is -2.25. The molecule has 0 spiro atoms. The fraction of sp³-hybridized carbons (Fsp3) is 0.242. The van der Waals surface area contributed by atoms with Crippen LogP contribution in [0.1, 0.15) is 29.7 Å². The molecule has 0 heterocycles. The van der Waals surface area contributed by atoms with Gasteiger partial charge < -0.3 is 14.6 Å². The maximum absolute atomic E-state index is 13.4. The monoisotopic (exact) mass is 607 g/mol. The van der Waals surface area contributed by atoms with Crippen LogP contribution in [-0.2, 0) is 32.3 Å². The highest BCUT2D eigenvalue weighted by molar-refractivity contribution is 7.91. The first kappa shape index (κ1) is 31.3. The van der Waals surface area contributed by atoms with Gasteiger partial charge in [0.25, 0.3) is 0 Å². The van der Waals surface area contributed by atoms with E-state index in [1.165, 1.54) is 12.1 Å². The molecule has 0 saturated carbocycles. The fourth-order valence-corrected chi connectivity index (χ4v) is 6.12. The summed E-state index contributed by atoms with van der Waals surface area (Å²) in [5, 5.41) is 11.5. The van der Waals surface area contributed by atoms with Crippen molar-refractivity contribution >= 4 is 27.4 Å². The van der Waals surface area contributed by atoms with Crippen LogP contribution in [0.25, 0.3) is 0 Å². The molecule has 4 aromatic carbocycles. The molecule has 0 aromatic heterocycles. The summed E-state index contributed by atoms with van der Waals surface area (Å²) in [5.74, 6) is -0.486. The van der Waals surface area contributed by atoms with Crippen molar-refractivity contribution in [3.05, 3.63) is 125 Å². The van der Waals surface area contributed by atoms with E-state index >= 15 is 0 Å². The number of sulfone groups is 1. The van der Waals surface area contributed by atoms with Crippen molar-refractivity contribution in [3.8, 4) is 5.75 Å². The van der Waals surface area contributed by atoms with E-state index in [2.05, 4.69) is 4.90 Å². The fourth-order valence-electron chi connectivity index (χ4n) is 4.52. The summed E-state index contributed by atoms with van der Waals surface area (Å²) in [4.78, 5) is 14.0. The normalized spacial score (nSPS) is 12.2. The SMILES string of the molecule is CCOC(=O)COc1ccccc1S(=O)(=O)c1ccc(CCN(Cc2ccccc2)CC(O)c2cccc(Cl)c2)cc1. The lowest BCUT2D eigenvalue weighted by Crippen LogP contribution is -2.30. The Labute approximate surface area is 252 Å². The molecular weight excluding hydrogens is 574 g/mol. The molecule has 7 nitrogen and oxygen atoms in total. The Morgan fingerprint density at radius 1 is 0.905 bits per heavy atom. The van der Waals surface area contributed by atoms with Gasteiger partial charge in [-0.25, -0.2) is 13.2 Å². The highest BCUT2D eigenvalue weighted by Crippen LogP contribution is 2.30. The van der Waals surface area contributed by atoms with E-state index in [0.29, 0.717) is 31.1 Å². The van der Waals surface area contributed by atoms with Gasteiger partial charge in [-0.2, -0.15) is 0 Å². The molecule has 0 aliphatic heterocycles. The first-order valence-electron chi connectivity index (χ1n) is 13.7. The second kappa shape index (κ2) is 15.0. The summed E-state index contributed by atoms with van der Waals surface area (Å²) in [5.41, 5.74) is 2.83. The molecule has 0 aliphatic carbocycles. The van der Waals surface area contributed by atoms with Crippen molar-refractivity contribution in [2.75, 3.05) is 26.3 Å². The number of halogens is 1. The third-order valence-corrected chi connectivity index (χ3v) is 8.70. The van der Waals surface area contributed by atoms with Crippen molar-refractivity contribution < 1.29 is 27.8 Å². The molecule has 0 aliphatic rings. The number of ether oxygens (including phenoxy) is 2. The average Bonchev–Trinajstić information content (AvgIpc) is 3.00. The average molecular weight is 608 g/mol. The molecule has 1 atom stereocenters. The van der Waals surface area contributed by atoms with E-state index < -0.39 is 21.9 Å². The molecule has 4 rings (SSSR count). The molecular formula is C33H34ClNO6S. The Bertz CT molecular complexity index is 1560. The maximum atomic E-state index is 13.4. The van der Waals surface area contributed by atoms with Gasteiger partial charge in [0.2, 0.25) is 9.84 Å². The van der Waals surface area contributed by atoms with E-state index in [1.807, 2.05) is 42.5 Å². The zero-order valence-corrected chi connectivity index (χ0v) is 24.9. The number of carbonyl (C=O) groups excluding carboxylic acids is 1. The minimum Gasteiger partial charge on any atom is -0.481 e. The van der Waals surface area contributed by atoms with E-state index in [0.717, 1.165) is 16.7 Å². The van der Waals surface area contributed by atoms with Gasteiger partial charge in [-0.1, -0.05) is 78.3 Å². The zero-order chi connectivity index (χ0) is 30.0. The van der Waals surface area contributed by atoms with Crippen molar-refractivity contribution in [3.63, 3.8) is 0 Å². The number of carbonyl (C=O) groups is 1. The maximum Gasteiger partial charge on any atom is 0.344 e. The molecule has 0 amide bonds. The Morgan fingerprint density at radius 3 is 2.33 bits per heavy atom. The number of para-hydroxylation sites is 1. The first-order chi connectivity index (χ1) is 20.3. The van der Waals surface area contributed by atoms with Crippen LogP contribution in [0.2, 0.25) is 5.02 Å². The van der Waals surface area contributed by atoms with E-state index in [-0.39, 0.29) is 28.8 Å². The number of rotatable bonds is 14. The second-order valence-electron chi connectivity index (χ2n) is 9.73. The van der Waals surface area contributed by atoms with E-state index in [1.54, 1.807) is 55.5 Å². The second-order valence-corrected chi connectivity index (χ2v) is 12.1. The highest BCUT2D eigenvalue weighted by atomic mass is 35.5. The lowest BCUT2D eigenvalue weighted by molar-refractivity contribution is -0.145. The minimum atomic E-state index is -3.90. The summed E-state index contributed by atoms with van der Waals surface area (Å²) < 4.78 is 37.2. The molecule has 42 heavy (non-hydrogen) atoms. The number of hydrogen-bond acceptors (Lipinski definition) is 7. The third-order valence-electron chi connectivity index (χ3n) is 6.65. The first-order valence-corrected chi connectivity index (χ1v) is 15.5. The largest absolute Gasteiger partial charge is 0.481 e. The molecule has 4 aromatic rings. The van der Waals surface area contributed by atoms with Crippen LogP contribution in [0.5, 0.6) is 5.75 Å². The highest BCUT2D eigenvalue weighted by Gasteiger charge is 2.23. The summed E-state index contributed by atoms with van der Waals surface area (Å²) in [6.45, 7) is 3.21. The van der Waals surface area contributed by atoms with Crippen LogP contribution >= 0.6 is 11.6 Å². The van der Waals surface area contributed by atoms with E-state index in [9.17, 15) is 18.3 Å². The molecule has 0 bridgehead atoms. The Balaban J connectivity index is 1.46. The Hall–Kier alpha value is -3.69. The molecule has 0 radical (unpaired) electrons. The zero-order valence-electron chi connectivity index (χ0n) is 23.4. The van der Waals surface area contributed by atoms with Crippen molar-refractivity contribution in [1.29, 1.82) is 0 Å². The van der Waals surface area contributed by atoms with Gasteiger partial charge in [-0.05, 0) is 66.4 Å². The quantitative estimate of drug-likeness (QED) is 0.179. The number of esters is 1. The summed E-state index contributed by atoms with van der Waals surface area (Å²) in [7, 11) is -3.90. The van der Waals surface area contributed by atoms with Crippen molar-refractivity contribution in [1.82, 2.24) is 4.90 Å². The third kappa shape index (κ3) is 8.66. The lowest BCUT2D eigenvalue weighted by atomic mass is 10.1. The smallest absolute Gasteiger partial charge is 0.344 e. The standard InChI is InChI=1S/C33H34ClNO6S/c1-2-40-33(37)24-41-31-13-6-7-14-32(31)42(38,39)29-17-15-25(16-18-29)19-20-35(22-26-9-4-3-5-10-26)23-30(36)27-11-8-12-28(34)21-27/h3-18,21,30,36H,2,19-20,22-24H2,1H3. The minimum absolute atomic E-state index is 0.0221. The number of nitrogens with zero attached hydrogens (tertiary/aromatic N) is 1. The summed E-state index contributed by atoms with van der Waals surface area (Å²) in [6, 6.07) is 30.2. The predicted molar refractivity (Wildman–Crippen MR) is 162 cm³/mol. The van der Waals surface area contributed by atoms with Crippen LogP contribution in [-0.4, -0.2) is 50.7 Å². The summed E-state index contributed by atoms with van der Waals surface area (Å²) in [6.07, 6.45) is -0.0691. The van der Waals surface area contributed by atoms with Gasteiger partial charge in [0, 0.05) is 24.7 Å². The van der Waals surface area contributed by atoms with Gasteiger partial charge in [-0.15, -0.1) is 0 Å². The Morgan fingerprint density at radius 2 is 1.62 bits per heavy atom. The molecule has 0 saturated heterocycles. The van der Waals surface area contributed by atoms with Gasteiger partial charge >= 0.3 is 5.97 Å². The molecule has 9 heteroatoms. The van der Waals surface area contributed by atoms with Crippen molar-refractivity contribution in [2.45, 2.75) is 35.8 Å². The van der Waals surface area contributed by atoms with Gasteiger partial charge in [0.05, 0.1) is 17.6 Å². The Kier molecular flexibility index (Phi) is 11.1. The van der Waals surface area contributed by atoms with Crippen LogP contribution in [0.4, 0.5) is 0 Å². The topological polar surface area (TPSA) is 93.1 Å². The van der Waals surface area contributed by atoms with E-state index in [4.69, 9.17) is 21.1 Å². The molecule has 1 unspecified atom stereocenters. The van der Waals surface area contributed by atoms with Gasteiger partial charge in [0.1, 0.15) is 10.6 Å². The molecule has 220 valence electrons. The molecule has 1 N–H and O–H groups in total. The number of aliphatic hydroxyl groups is 1. The predicted octanol–water partition coefficient (Wildman–Crippen LogP) is 5.89. The van der Waals surface area contributed by atoms with Crippen LogP contribution in [0.3, 0.4) is 0 Å². The molecule has 0 fully saturated rings. The number of aliphatic hydroxyl groups excluding tert-OH is 1. The number of hydrogen-bond donors (Lipinski definition) is 1. The van der Waals surface area contributed by atoms with Crippen LogP contribution < -0.4 is 4.74 Å².